The lowest BCUT2D eigenvalue weighted by molar-refractivity contribution is -0.159. The Morgan fingerprint density at radius 3 is 2.46 bits per heavy atom. The van der Waals surface area contributed by atoms with Crippen LogP contribution >= 0.6 is 0 Å². The number of para-hydroxylation sites is 1. The highest BCUT2D eigenvalue weighted by Gasteiger charge is 2.06. The number of furan rings is 1. The van der Waals surface area contributed by atoms with Gasteiger partial charge in [0.2, 0.25) is 0 Å². The zero-order valence-electron chi connectivity index (χ0n) is 13.1. The highest BCUT2D eigenvalue weighted by molar-refractivity contribution is 6.27. The van der Waals surface area contributed by atoms with Gasteiger partial charge in [-0.25, -0.2) is 9.59 Å². The summed E-state index contributed by atoms with van der Waals surface area (Å²) in [7, 11) is 2.05. The average Bonchev–Trinajstić information content (AvgIpc) is 3.23. The minimum absolute atomic E-state index is 0.912. The fraction of sp³-hybridized carbons (Fsp3) is 0.176. The third-order valence-electron chi connectivity index (χ3n) is 3.46. The van der Waals surface area contributed by atoms with Crippen LogP contribution in [0.25, 0.3) is 10.9 Å². The van der Waals surface area contributed by atoms with Gasteiger partial charge in [-0.2, -0.15) is 0 Å². The van der Waals surface area contributed by atoms with E-state index >= 15 is 0 Å². The third kappa shape index (κ3) is 4.39. The van der Waals surface area contributed by atoms with Crippen molar-refractivity contribution >= 4 is 28.7 Å². The topological polar surface area (TPSA) is 107 Å². The maximum atomic E-state index is 9.10. The Kier molecular flexibility index (Phi) is 5.62. The molecule has 3 aromatic rings. The largest absolute Gasteiger partial charge is 0.473 e. The Hall–Kier alpha value is -3.22. The van der Waals surface area contributed by atoms with E-state index in [2.05, 4.69) is 40.3 Å². The van der Waals surface area contributed by atoms with Gasteiger partial charge in [0.25, 0.3) is 0 Å². The summed E-state index contributed by atoms with van der Waals surface area (Å²) in [6, 6.07) is 12.3. The van der Waals surface area contributed by atoms with Crippen LogP contribution in [0.15, 0.2) is 53.3 Å². The molecule has 0 saturated carbocycles. The van der Waals surface area contributed by atoms with Crippen LogP contribution in [0.1, 0.15) is 5.56 Å². The summed E-state index contributed by atoms with van der Waals surface area (Å²) in [6.45, 7) is 0.940. The van der Waals surface area contributed by atoms with Crippen LogP contribution < -0.4 is 4.90 Å². The Balaban J connectivity index is 0.000000301. The number of nitrogens with one attached hydrogen (secondary N) is 1. The quantitative estimate of drug-likeness (QED) is 0.635. The van der Waals surface area contributed by atoms with E-state index in [0.717, 1.165) is 18.8 Å². The van der Waals surface area contributed by atoms with Crippen molar-refractivity contribution in [2.75, 3.05) is 18.5 Å². The van der Waals surface area contributed by atoms with Crippen molar-refractivity contribution in [1.82, 2.24) is 4.98 Å². The number of carboxylic acids is 2. The normalized spacial score (nSPS) is 10.0. The highest BCUT2D eigenvalue weighted by atomic mass is 16.4. The number of rotatable bonds is 4. The number of aromatic amines is 1. The summed E-state index contributed by atoms with van der Waals surface area (Å²) in [4.78, 5) is 23.6. The molecule has 0 aliphatic carbocycles. The Morgan fingerprint density at radius 1 is 1.12 bits per heavy atom. The molecule has 0 spiro atoms. The van der Waals surface area contributed by atoms with Crippen molar-refractivity contribution in [1.29, 1.82) is 0 Å². The van der Waals surface area contributed by atoms with E-state index in [9.17, 15) is 0 Å². The molecule has 0 amide bonds. The summed E-state index contributed by atoms with van der Waals surface area (Å²) in [6.07, 6.45) is 4.80. The second kappa shape index (κ2) is 7.87. The first-order valence-corrected chi connectivity index (χ1v) is 7.25. The molecule has 7 nitrogen and oxygen atoms in total. The number of hydrogen-bond donors (Lipinski definition) is 3. The van der Waals surface area contributed by atoms with Gasteiger partial charge >= 0.3 is 11.9 Å². The number of anilines is 1. The molecule has 126 valence electrons. The molecule has 3 rings (SSSR count). The number of carboxylic acid groups (broad SMARTS) is 2. The van der Waals surface area contributed by atoms with Gasteiger partial charge < -0.3 is 24.5 Å². The number of fused-ring (bicyclic) bond motifs is 1. The van der Waals surface area contributed by atoms with E-state index in [4.69, 9.17) is 24.2 Å². The maximum Gasteiger partial charge on any atom is 0.414 e. The molecule has 0 aliphatic heterocycles. The predicted octanol–water partition coefficient (Wildman–Crippen LogP) is 2.60. The van der Waals surface area contributed by atoms with Crippen LogP contribution in [0.2, 0.25) is 0 Å². The number of hydrogen-bond acceptors (Lipinski definition) is 4. The Bertz CT molecular complexity index is 795. The predicted molar refractivity (Wildman–Crippen MR) is 89.3 cm³/mol. The van der Waals surface area contributed by atoms with E-state index in [1.165, 1.54) is 16.5 Å². The molecule has 0 saturated heterocycles. The van der Waals surface area contributed by atoms with Crippen molar-refractivity contribution in [3.8, 4) is 0 Å². The first kappa shape index (κ1) is 17.1. The van der Waals surface area contributed by atoms with E-state index in [0.29, 0.717) is 0 Å². The number of aromatic nitrogens is 1. The monoisotopic (exact) mass is 330 g/mol. The van der Waals surface area contributed by atoms with Crippen molar-refractivity contribution in [3.05, 3.63) is 54.4 Å². The van der Waals surface area contributed by atoms with Crippen molar-refractivity contribution in [3.63, 3.8) is 0 Å². The summed E-state index contributed by atoms with van der Waals surface area (Å²) in [5.74, 6) is -2.74. The van der Waals surface area contributed by atoms with Crippen molar-refractivity contribution in [2.45, 2.75) is 6.42 Å². The lowest BCUT2D eigenvalue weighted by atomic mass is 10.1. The van der Waals surface area contributed by atoms with Crippen LogP contribution in [0.4, 0.5) is 5.88 Å². The minimum atomic E-state index is -1.82. The average molecular weight is 330 g/mol. The second-order valence-electron chi connectivity index (χ2n) is 5.09. The van der Waals surface area contributed by atoms with E-state index in [1.807, 2.05) is 19.2 Å². The standard InChI is InChI=1S/C15H16N2O.C2H2O4/c1-17(15-7-4-10-18-15)9-8-12-11-16-14-6-3-2-5-13(12)14;3-1(4)2(5)6/h2-7,10-11,16H,8-9H2,1H3;(H,3,4)(H,5,6). The van der Waals surface area contributed by atoms with Gasteiger partial charge in [-0.1, -0.05) is 18.2 Å². The summed E-state index contributed by atoms with van der Waals surface area (Å²) in [5.41, 5.74) is 2.55. The number of H-pyrrole nitrogens is 1. The van der Waals surface area contributed by atoms with Crippen molar-refractivity contribution < 1.29 is 24.2 Å². The fourth-order valence-corrected chi connectivity index (χ4v) is 2.22. The summed E-state index contributed by atoms with van der Waals surface area (Å²) in [5, 5.41) is 16.1. The number of benzene rings is 1. The molecule has 1 aromatic carbocycles. The molecule has 2 aromatic heterocycles. The van der Waals surface area contributed by atoms with Crippen LogP contribution in [0.5, 0.6) is 0 Å². The molecule has 7 heteroatoms. The van der Waals surface area contributed by atoms with Gasteiger partial charge in [-0.15, -0.1) is 0 Å². The SMILES string of the molecule is CN(CCc1c[nH]c2ccccc12)c1ccco1.O=C(O)C(=O)O. The molecule has 2 heterocycles. The lowest BCUT2D eigenvalue weighted by Gasteiger charge is -2.15. The second-order valence-corrected chi connectivity index (χ2v) is 5.09. The molecule has 3 N–H and O–H groups in total. The van der Waals surface area contributed by atoms with Gasteiger partial charge in [0, 0.05) is 36.8 Å². The van der Waals surface area contributed by atoms with Gasteiger partial charge in [0.1, 0.15) is 0 Å². The zero-order valence-corrected chi connectivity index (χ0v) is 13.1. The molecular weight excluding hydrogens is 312 g/mol. The molecule has 0 radical (unpaired) electrons. The number of likely N-dealkylation sites (N-methyl/N-ethyl adjacent to an activating group) is 1. The van der Waals surface area contributed by atoms with Gasteiger partial charge in [0.15, 0.2) is 5.88 Å². The first-order chi connectivity index (χ1) is 11.5. The van der Waals surface area contributed by atoms with Crippen LogP contribution in [0, 0.1) is 0 Å². The van der Waals surface area contributed by atoms with Crippen LogP contribution in [-0.4, -0.2) is 40.7 Å². The highest BCUT2D eigenvalue weighted by Crippen LogP contribution is 2.19. The molecule has 0 atom stereocenters. The minimum Gasteiger partial charge on any atom is -0.473 e. The molecule has 24 heavy (non-hydrogen) atoms. The smallest absolute Gasteiger partial charge is 0.414 e. The molecule has 0 bridgehead atoms. The zero-order chi connectivity index (χ0) is 17.5. The number of nitrogens with zero attached hydrogens (tertiary/aromatic N) is 1. The molecule has 0 fully saturated rings. The lowest BCUT2D eigenvalue weighted by Crippen LogP contribution is -2.19. The third-order valence-corrected chi connectivity index (χ3v) is 3.46. The maximum absolute atomic E-state index is 9.10. The summed E-state index contributed by atoms with van der Waals surface area (Å²) >= 11 is 0. The summed E-state index contributed by atoms with van der Waals surface area (Å²) < 4.78 is 5.37. The van der Waals surface area contributed by atoms with E-state index in [-0.39, 0.29) is 0 Å². The van der Waals surface area contributed by atoms with Gasteiger partial charge in [0.05, 0.1) is 6.26 Å². The fourth-order valence-electron chi connectivity index (χ4n) is 2.22. The van der Waals surface area contributed by atoms with Crippen molar-refractivity contribution in [2.24, 2.45) is 0 Å². The van der Waals surface area contributed by atoms with Gasteiger partial charge in [-0.3, -0.25) is 0 Å². The molecular formula is C17H18N2O5. The molecule has 0 unspecified atom stereocenters. The van der Waals surface area contributed by atoms with E-state index < -0.39 is 11.9 Å². The Labute approximate surface area is 138 Å². The van der Waals surface area contributed by atoms with Crippen LogP contribution in [0.3, 0.4) is 0 Å². The van der Waals surface area contributed by atoms with Crippen LogP contribution in [-0.2, 0) is 16.0 Å². The first-order valence-electron chi connectivity index (χ1n) is 7.25. The molecule has 0 aliphatic rings. The number of carbonyl (C=O) groups is 2. The Morgan fingerprint density at radius 2 is 1.83 bits per heavy atom. The van der Waals surface area contributed by atoms with E-state index in [1.54, 1.807) is 6.26 Å². The van der Waals surface area contributed by atoms with Gasteiger partial charge in [-0.05, 0) is 24.1 Å². The number of aliphatic carboxylic acids is 2.